The third-order valence-corrected chi connectivity index (χ3v) is 9.33. The third kappa shape index (κ3) is 5.25. The zero-order valence-corrected chi connectivity index (χ0v) is 23.8. The highest BCUT2D eigenvalue weighted by molar-refractivity contribution is 7.14. The Morgan fingerprint density at radius 1 is 1.15 bits per heavy atom. The fraction of sp³-hybridized carbons (Fsp3) is 0.452. The van der Waals surface area contributed by atoms with Crippen LogP contribution < -0.4 is 15.5 Å². The fourth-order valence-electron chi connectivity index (χ4n) is 6.69. The van der Waals surface area contributed by atoms with Crippen LogP contribution in [0.2, 0.25) is 0 Å². The van der Waals surface area contributed by atoms with Crippen LogP contribution in [0, 0.1) is 0 Å². The highest BCUT2D eigenvalue weighted by Gasteiger charge is 2.47. The minimum atomic E-state index is -0.352. The summed E-state index contributed by atoms with van der Waals surface area (Å²) >= 11 is 1.36. The molecular weight excluding hydrogens is 524 g/mol. The number of aliphatic hydroxyl groups is 1. The predicted octanol–water partition coefficient (Wildman–Crippen LogP) is 4.52. The summed E-state index contributed by atoms with van der Waals surface area (Å²) in [6, 6.07) is 14.0. The Labute approximate surface area is 238 Å². The molecule has 1 aromatic heterocycles. The number of nitrogens with zero attached hydrogens (tertiary/aromatic N) is 2. The lowest BCUT2D eigenvalue weighted by molar-refractivity contribution is -0.115. The molecular formula is C31H36N4O4S. The van der Waals surface area contributed by atoms with E-state index in [1.165, 1.54) is 16.9 Å². The number of rotatable bonds is 6. The lowest BCUT2D eigenvalue weighted by Gasteiger charge is -2.37. The molecule has 9 heteroatoms. The molecule has 1 saturated carbocycles. The minimum absolute atomic E-state index is 0.151. The van der Waals surface area contributed by atoms with Gasteiger partial charge in [-0.1, -0.05) is 18.2 Å². The molecule has 2 aliphatic carbocycles. The van der Waals surface area contributed by atoms with Crippen LogP contribution in [0.25, 0.3) is 11.3 Å². The first-order valence-electron chi connectivity index (χ1n) is 14.2. The number of nitrogens with one attached hydrogen (secondary N) is 2. The number of thiazole rings is 1. The van der Waals surface area contributed by atoms with E-state index >= 15 is 0 Å². The van der Waals surface area contributed by atoms with E-state index in [1.807, 2.05) is 35.7 Å². The first-order valence-corrected chi connectivity index (χ1v) is 15.0. The van der Waals surface area contributed by atoms with Gasteiger partial charge in [-0.2, -0.15) is 0 Å². The number of amides is 2. The van der Waals surface area contributed by atoms with E-state index in [1.54, 1.807) is 0 Å². The molecule has 0 radical (unpaired) electrons. The van der Waals surface area contributed by atoms with Gasteiger partial charge in [0.05, 0.1) is 30.6 Å². The Balaban J connectivity index is 1.06. The largest absolute Gasteiger partial charge is 0.392 e. The summed E-state index contributed by atoms with van der Waals surface area (Å²) in [5.74, 6) is -0.626. The number of aromatic nitrogens is 1. The molecule has 3 aliphatic rings. The first kappa shape index (κ1) is 26.9. The van der Waals surface area contributed by atoms with Crippen molar-refractivity contribution in [2.24, 2.45) is 0 Å². The Morgan fingerprint density at radius 2 is 1.98 bits per heavy atom. The van der Waals surface area contributed by atoms with Crippen LogP contribution >= 0.6 is 11.3 Å². The lowest BCUT2D eigenvalue weighted by atomic mass is 9.78. The van der Waals surface area contributed by atoms with Gasteiger partial charge in [-0.3, -0.25) is 9.59 Å². The molecule has 2 heterocycles. The normalized spacial score (nSPS) is 25.7. The number of anilines is 2. The molecule has 1 aliphatic heterocycles. The minimum Gasteiger partial charge on any atom is -0.392 e. The smallest absolute Gasteiger partial charge is 0.251 e. The monoisotopic (exact) mass is 560 g/mol. The van der Waals surface area contributed by atoms with Crippen LogP contribution in [0.4, 0.5) is 10.8 Å². The summed E-state index contributed by atoms with van der Waals surface area (Å²) in [4.78, 5) is 32.5. The van der Waals surface area contributed by atoms with Crippen molar-refractivity contribution >= 4 is 34.0 Å². The maximum absolute atomic E-state index is 12.9. The summed E-state index contributed by atoms with van der Waals surface area (Å²) in [6.45, 7) is 5.71. The van der Waals surface area contributed by atoms with Gasteiger partial charge in [0.15, 0.2) is 5.13 Å². The number of carbonyl (C=O) groups excluding carboxylic acids is 2. The van der Waals surface area contributed by atoms with E-state index in [0.29, 0.717) is 10.7 Å². The molecule has 8 nitrogen and oxygen atoms in total. The molecule has 6 rings (SSSR count). The van der Waals surface area contributed by atoms with Gasteiger partial charge in [-0.15, -0.1) is 11.3 Å². The van der Waals surface area contributed by atoms with Crippen molar-refractivity contribution in [2.45, 2.75) is 69.7 Å². The van der Waals surface area contributed by atoms with E-state index in [4.69, 9.17) is 4.74 Å². The summed E-state index contributed by atoms with van der Waals surface area (Å²) in [6.07, 6.45) is 4.64. The number of hydrogen-bond acceptors (Lipinski definition) is 7. The standard InChI is InChI=1S/C31H36N4O4S/c1-19-16-35(17-20(2)39-19)24-6-3-5-22(13-24)26-18-40-30(33-26)34-28(37)15-32-29(38)23-9-8-21-10-12-31(25(21)14-23)11-4-7-27(31)36/h3,5-6,8-9,13-14,18-20,27,36H,4,7,10-12,15-17H2,1-2H3,(H,32,38)(H,33,34,37)/t19-,20+,27-,31?/m0/s1. The van der Waals surface area contributed by atoms with Crippen LogP contribution in [0.1, 0.15) is 61.0 Å². The Bertz CT molecular complexity index is 1410. The van der Waals surface area contributed by atoms with E-state index in [0.717, 1.165) is 67.7 Å². The maximum Gasteiger partial charge on any atom is 0.251 e. The van der Waals surface area contributed by atoms with Crippen molar-refractivity contribution in [3.05, 3.63) is 64.5 Å². The van der Waals surface area contributed by atoms with Crippen LogP contribution in [-0.4, -0.2) is 59.9 Å². The summed E-state index contributed by atoms with van der Waals surface area (Å²) in [7, 11) is 0. The van der Waals surface area contributed by atoms with Gasteiger partial charge in [0.2, 0.25) is 5.91 Å². The number of aryl methyl sites for hydroxylation is 1. The molecule has 1 spiro atoms. The molecule has 1 unspecified atom stereocenters. The third-order valence-electron chi connectivity index (χ3n) is 8.57. The number of ether oxygens (including phenoxy) is 1. The molecule has 210 valence electrons. The fourth-order valence-corrected chi connectivity index (χ4v) is 7.43. The van der Waals surface area contributed by atoms with Crippen molar-refractivity contribution < 1.29 is 19.4 Å². The molecule has 3 N–H and O–H groups in total. The highest BCUT2D eigenvalue weighted by atomic mass is 32.1. The molecule has 4 atom stereocenters. The van der Waals surface area contributed by atoms with Gasteiger partial charge in [0.25, 0.3) is 5.91 Å². The number of carbonyl (C=O) groups is 2. The lowest BCUT2D eigenvalue weighted by Crippen LogP contribution is -2.45. The number of benzene rings is 2. The molecule has 2 amide bonds. The topological polar surface area (TPSA) is 104 Å². The second-order valence-corrected chi connectivity index (χ2v) is 12.3. The summed E-state index contributed by atoms with van der Waals surface area (Å²) in [5.41, 5.74) is 5.52. The van der Waals surface area contributed by atoms with Gasteiger partial charge >= 0.3 is 0 Å². The van der Waals surface area contributed by atoms with E-state index in [-0.39, 0.29) is 42.1 Å². The van der Waals surface area contributed by atoms with Crippen molar-refractivity contribution in [3.63, 3.8) is 0 Å². The molecule has 0 bridgehead atoms. The van der Waals surface area contributed by atoms with Crippen molar-refractivity contribution in [1.29, 1.82) is 0 Å². The Kier molecular flexibility index (Phi) is 7.37. The quantitative estimate of drug-likeness (QED) is 0.410. The van der Waals surface area contributed by atoms with Crippen molar-refractivity contribution in [3.8, 4) is 11.3 Å². The summed E-state index contributed by atoms with van der Waals surface area (Å²) in [5, 5.41) is 18.6. The number of morpholine rings is 1. The number of hydrogen-bond donors (Lipinski definition) is 3. The number of fused-ring (bicyclic) bond motifs is 2. The van der Waals surface area contributed by atoms with Gasteiger partial charge in [-0.25, -0.2) is 4.98 Å². The second kappa shape index (κ2) is 11.0. The van der Waals surface area contributed by atoms with E-state index in [2.05, 4.69) is 46.5 Å². The van der Waals surface area contributed by atoms with Crippen LogP contribution in [0.5, 0.6) is 0 Å². The first-order chi connectivity index (χ1) is 19.3. The molecule has 1 saturated heterocycles. The van der Waals surface area contributed by atoms with E-state index in [9.17, 15) is 14.7 Å². The van der Waals surface area contributed by atoms with Crippen molar-refractivity contribution in [2.75, 3.05) is 29.9 Å². The van der Waals surface area contributed by atoms with Crippen LogP contribution in [-0.2, 0) is 21.4 Å². The van der Waals surface area contributed by atoms with Gasteiger partial charge < -0.3 is 25.4 Å². The zero-order chi connectivity index (χ0) is 27.9. The second-order valence-electron chi connectivity index (χ2n) is 11.4. The van der Waals surface area contributed by atoms with Gasteiger partial charge in [-0.05, 0) is 81.3 Å². The van der Waals surface area contributed by atoms with Crippen molar-refractivity contribution in [1.82, 2.24) is 10.3 Å². The van der Waals surface area contributed by atoms with Gasteiger partial charge in [0, 0.05) is 40.7 Å². The molecule has 40 heavy (non-hydrogen) atoms. The average Bonchev–Trinajstić information content (AvgIpc) is 3.66. The molecule has 3 aromatic rings. The predicted molar refractivity (Wildman–Crippen MR) is 157 cm³/mol. The van der Waals surface area contributed by atoms with E-state index < -0.39 is 0 Å². The van der Waals surface area contributed by atoms with Gasteiger partial charge in [0.1, 0.15) is 0 Å². The maximum atomic E-state index is 12.9. The number of aliphatic hydroxyl groups excluding tert-OH is 1. The Morgan fingerprint density at radius 3 is 2.75 bits per heavy atom. The molecule has 2 fully saturated rings. The molecule has 2 aromatic carbocycles. The van der Waals surface area contributed by atoms with Crippen LogP contribution in [0.15, 0.2) is 47.8 Å². The van der Waals surface area contributed by atoms with Crippen LogP contribution in [0.3, 0.4) is 0 Å². The zero-order valence-electron chi connectivity index (χ0n) is 23.0. The highest BCUT2D eigenvalue weighted by Crippen LogP contribution is 2.50. The average molecular weight is 561 g/mol. The SMILES string of the molecule is C[C@@H]1CN(c2cccc(-c3csc(NC(=O)CNC(=O)c4ccc5c(c4)C4(CCC[C@@H]4O)CC5)n3)c2)C[C@H](C)O1. The Hall–Kier alpha value is -3.27. The summed E-state index contributed by atoms with van der Waals surface area (Å²) < 4.78 is 5.87.